The zero-order chi connectivity index (χ0) is 19.3. The van der Waals surface area contributed by atoms with Gasteiger partial charge >= 0.3 is 6.18 Å². The molecule has 2 aromatic rings. The monoisotopic (exact) mass is 383 g/mol. The van der Waals surface area contributed by atoms with Crippen LogP contribution in [0.25, 0.3) is 0 Å². The van der Waals surface area contributed by atoms with E-state index in [1.165, 1.54) is 30.9 Å². The van der Waals surface area contributed by atoms with Crippen LogP contribution in [0, 0.1) is 0 Å². The van der Waals surface area contributed by atoms with Crippen LogP contribution in [0.1, 0.15) is 15.9 Å². The number of aromatic nitrogens is 1. The van der Waals surface area contributed by atoms with Gasteiger partial charge in [0.15, 0.2) is 0 Å². The standard InChI is InChI=1S/C17H16F3N3O2S/c1-23(16(25)11-6-5-9-21-15(11)26-2)10-14(24)22-13-8-4-3-7-12(13)17(18,19)20/h3-9H,10H2,1-2H3,(H,22,24). The number of carbonyl (C=O) groups excluding carboxylic acids is 2. The van der Waals surface area contributed by atoms with Crippen molar-refractivity contribution in [2.75, 3.05) is 25.2 Å². The summed E-state index contributed by atoms with van der Waals surface area (Å²) in [5.74, 6) is -1.17. The maximum Gasteiger partial charge on any atom is 0.418 e. The maximum atomic E-state index is 13.0. The first kappa shape index (κ1) is 19.8. The summed E-state index contributed by atoms with van der Waals surface area (Å²) in [5.41, 5.74) is -0.970. The molecule has 0 saturated carbocycles. The third kappa shape index (κ3) is 4.75. The van der Waals surface area contributed by atoms with Crippen molar-refractivity contribution in [3.63, 3.8) is 0 Å². The molecule has 9 heteroatoms. The van der Waals surface area contributed by atoms with Crippen LogP contribution in [0.2, 0.25) is 0 Å². The van der Waals surface area contributed by atoms with Crippen LogP contribution >= 0.6 is 11.8 Å². The number of thioether (sulfide) groups is 1. The summed E-state index contributed by atoms with van der Waals surface area (Å²) in [6.07, 6.45) is -1.28. The van der Waals surface area contributed by atoms with E-state index in [0.29, 0.717) is 10.6 Å². The van der Waals surface area contributed by atoms with Gasteiger partial charge in [-0.1, -0.05) is 12.1 Å². The van der Waals surface area contributed by atoms with Crippen LogP contribution in [0.4, 0.5) is 18.9 Å². The number of para-hydroxylation sites is 1. The van der Waals surface area contributed by atoms with Gasteiger partial charge < -0.3 is 10.2 Å². The van der Waals surface area contributed by atoms with Gasteiger partial charge in [0.25, 0.3) is 5.91 Å². The van der Waals surface area contributed by atoms with E-state index in [-0.39, 0.29) is 5.69 Å². The van der Waals surface area contributed by atoms with Gasteiger partial charge in [-0.2, -0.15) is 13.2 Å². The van der Waals surface area contributed by atoms with Crippen molar-refractivity contribution in [3.05, 3.63) is 53.7 Å². The first-order valence-corrected chi connectivity index (χ1v) is 8.67. The maximum absolute atomic E-state index is 13.0. The lowest BCUT2D eigenvalue weighted by Gasteiger charge is -2.19. The molecule has 0 saturated heterocycles. The number of hydrogen-bond donors (Lipinski definition) is 1. The van der Waals surface area contributed by atoms with Crippen molar-refractivity contribution in [2.45, 2.75) is 11.2 Å². The summed E-state index contributed by atoms with van der Waals surface area (Å²) >= 11 is 1.28. The number of halogens is 3. The molecule has 0 spiro atoms. The van der Waals surface area contributed by atoms with Crippen LogP contribution in [0.3, 0.4) is 0 Å². The Morgan fingerprint density at radius 2 is 1.88 bits per heavy atom. The van der Waals surface area contributed by atoms with Crippen molar-refractivity contribution in [3.8, 4) is 0 Å². The Labute approximate surface area is 152 Å². The molecule has 0 fully saturated rings. The third-order valence-electron chi connectivity index (χ3n) is 3.43. The molecule has 5 nitrogen and oxygen atoms in total. The quantitative estimate of drug-likeness (QED) is 0.803. The van der Waals surface area contributed by atoms with Gasteiger partial charge in [0.2, 0.25) is 5.91 Å². The lowest BCUT2D eigenvalue weighted by molar-refractivity contribution is -0.137. The van der Waals surface area contributed by atoms with Gasteiger partial charge in [-0.3, -0.25) is 9.59 Å². The Kier molecular flexibility index (Phi) is 6.25. The predicted octanol–water partition coefficient (Wildman–Crippen LogP) is 3.53. The molecular weight excluding hydrogens is 367 g/mol. The van der Waals surface area contributed by atoms with Crippen LogP contribution < -0.4 is 5.32 Å². The summed E-state index contributed by atoms with van der Waals surface area (Å²) in [5, 5.41) is 2.72. The molecule has 0 atom stereocenters. The Balaban J connectivity index is 2.10. The van der Waals surface area contributed by atoms with Crippen molar-refractivity contribution >= 4 is 29.3 Å². The molecule has 0 aliphatic carbocycles. The second kappa shape index (κ2) is 8.22. The van der Waals surface area contributed by atoms with Gasteiger partial charge in [0.05, 0.1) is 23.4 Å². The lowest BCUT2D eigenvalue weighted by Crippen LogP contribution is -2.35. The number of carbonyl (C=O) groups is 2. The van der Waals surface area contributed by atoms with E-state index >= 15 is 0 Å². The van der Waals surface area contributed by atoms with Gasteiger partial charge in [-0.05, 0) is 30.5 Å². The molecule has 2 amide bonds. The number of pyridine rings is 1. The highest BCUT2D eigenvalue weighted by Crippen LogP contribution is 2.34. The van der Waals surface area contributed by atoms with Crippen LogP contribution in [-0.2, 0) is 11.0 Å². The summed E-state index contributed by atoms with van der Waals surface area (Å²) in [6.45, 7) is -0.395. The molecule has 0 bridgehead atoms. The highest BCUT2D eigenvalue weighted by Gasteiger charge is 2.33. The van der Waals surface area contributed by atoms with Crippen molar-refractivity contribution in [2.24, 2.45) is 0 Å². The van der Waals surface area contributed by atoms with Gasteiger partial charge in [0, 0.05) is 13.2 Å². The van der Waals surface area contributed by atoms with E-state index in [0.717, 1.165) is 17.0 Å². The number of alkyl halides is 3. The molecule has 138 valence electrons. The highest BCUT2D eigenvalue weighted by molar-refractivity contribution is 7.98. The molecule has 0 aliphatic heterocycles. The molecule has 0 radical (unpaired) electrons. The van der Waals surface area contributed by atoms with E-state index in [9.17, 15) is 22.8 Å². The average Bonchev–Trinajstić information content (AvgIpc) is 2.60. The third-order valence-corrected chi connectivity index (χ3v) is 4.14. The molecule has 26 heavy (non-hydrogen) atoms. The minimum Gasteiger partial charge on any atom is -0.332 e. The summed E-state index contributed by atoms with van der Waals surface area (Å²) in [7, 11) is 1.40. The molecule has 2 rings (SSSR count). The molecule has 1 N–H and O–H groups in total. The van der Waals surface area contributed by atoms with Gasteiger partial charge in [-0.25, -0.2) is 4.98 Å². The van der Waals surface area contributed by atoms with Crippen LogP contribution in [-0.4, -0.2) is 41.5 Å². The Hall–Kier alpha value is -2.55. The first-order valence-electron chi connectivity index (χ1n) is 7.44. The normalized spacial score (nSPS) is 11.1. The zero-order valence-corrected chi connectivity index (χ0v) is 14.8. The molecular formula is C17H16F3N3O2S. The molecule has 0 unspecified atom stereocenters. The predicted molar refractivity (Wildman–Crippen MR) is 93.1 cm³/mol. The molecule has 0 aliphatic rings. The van der Waals surface area contributed by atoms with E-state index in [4.69, 9.17) is 0 Å². The van der Waals surface area contributed by atoms with Crippen molar-refractivity contribution in [1.29, 1.82) is 0 Å². The van der Waals surface area contributed by atoms with E-state index in [1.54, 1.807) is 24.6 Å². The number of anilines is 1. The summed E-state index contributed by atoms with van der Waals surface area (Å²) in [4.78, 5) is 29.8. The van der Waals surface area contributed by atoms with Crippen molar-refractivity contribution in [1.82, 2.24) is 9.88 Å². The second-order valence-corrected chi connectivity index (χ2v) is 6.11. The van der Waals surface area contributed by atoms with Crippen LogP contribution in [0.15, 0.2) is 47.6 Å². The highest BCUT2D eigenvalue weighted by atomic mass is 32.2. The molecule has 1 aromatic heterocycles. The van der Waals surface area contributed by atoms with Gasteiger partial charge in [0.1, 0.15) is 5.03 Å². The SMILES string of the molecule is CSc1ncccc1C(=O)N(C)CC(=O)Nc1ccccc1C(F)(F)F. The lowest BCUT2D eigenvalue weighted by atomic mass is 10.1. The number of rotatable bonds is 5. The van der Waals surface area contributed by atoms with Crippen LogP contribution in [0.5, 0.6) is 0 Å². The fourth-order valence-corrected chi connectivity index (χ4v) is 2.78. The number of benzene rings is 1. The number of hydrogen-bond acceptors (Lipinski definition) is 4. The number of nitrogens with one attached hydrogen (secondary N) is 1. The number of nitrogens with zero attached hydrogens (tertiary/aromatic N) is 2. The minimum absolute atomic E-state index is 0.325. The minimum atomic E-state index is -4.59. The van der Waals surface area contributed by atoms with Gasteiger partial charge in [-0.15, -0.1) is 11.8 Å². The second-order valence-electron chi connectivity index (χ2n) is 5.31. The smallest absolute Gasteiger partial charge is 0.332 e. The Morgan fingerprint density at radius 1 is 1.19 bits per heavy atom. The first-order chi connectivity index (χ1) is 12.2. The number of amides is 2. The van der Waals surface area contributed by atoms with E-state index in [1.807, 2.05) is 0 Å². The fourth-order valence-electron chi connectivity index (χ4n) is 2.24. The topological polar surface area (TPSA) is 62.3 Å². The molecule has 1 aromatic carbocycles. The zero-order valence-electron chi connectivity index (χ0n) is 14.0. The largest absolute Gasteiger partial charge is 0.418 e. The van der Waals surface area contributed by atoms with Crippen molar-refractivity contribution < 1.29 is 22.8 Å². The number of likely N-dealkylation sites (N-methyl/N-ethyl adjacent to an activating group) is 1. The Morgan fingerprint density at radius 3 is 2.54 bits per heavy atom. The average molecular weight is 383 g/mol. The summed E-state index contributed by atoms with van der Waals surface area (Å²) in [6, 6.07) is 7.84. The van der Waals surface area contributed by atoms with E-state index in [2.05, 4.69) is 10.3 Å². The Bertz CT molecular complexity index is 812. The van der Waals surface area contributed by atoms with E-state index < -0.39 is 30.1 Å². The fraction of sp³-hybridized carbons (Fsp3) is 0.235. The summed E-state index contributed by atoms with van der Waals surface area (Å²) < 4.78 is 38.9. The molecule has 1 heterocycles.